The van der Waals surface area contributed by atoms with Crippen LogP contribution >= 0.6 is 0 Å². The van der Waals surface area contributed by atoms with Crippen molar-refractivity contribution < 1.29 is 14.3 Å². The fraction of sp³-hybridized carbons (Fsp3) is 0.417. The lowest BCUT2D eigenvalue weighted by Gasteiger charge is -2.18. The van der Waals surface area contributed by atoms with E-state index in [0.717, 1.165) is 29.7 Å². The van der Waals surface area contributed by atoms with E-state index >= 15 is 0 Å². The van der Waals surface area contributed by atoms with Crippen molar-refractivity contribution >= 4 is 11.8 Å². The fourth-order valence-electron chi connectivity index (χ4n) is 3.84. The Hall–Kier alpha value is -2.82. The first-order valence-corrected chi connectivity index (χ1v) is 10.3. The molecular formula is C24H30N2O3. The van der Waals surface area contributed by atoms with E-state index in [9.17, 15) is 9.59 Å². The van der Waals surface area contributed by atoms with Gasteiger partial charge in [-0.25, -0.2) is 0 Å². The molecule has 2 unspecified atom stereocenters. The molecule has 1 N–H and O–H groups in total. The summed E-state index contributed by atoms with van der Waals surface area (Å²) in [6, 6.07) is 15.4. The number of methoxy groups -OCH3 is 1. The van der Waals surface area contributed by atoms with Gasteiger partial charge in [0.15, 0.2) is 0 Å². The monoisotopic (exact) mass is 394 g/mol. The highest BCUT2D eigenvalue weighted by atomic mass is 16.5. The third kappa shape index (κ3) is 4.97. The van der Waals surface area contributed by atoms with Crippen molar-refractivity contribution in [2.24, 2.45) is 5.92 Å². The first-order valence-electron chi connectivity index (χ1n) is 10.3. The average molecular weight is 395 g/mol. The van der Waals surface area contributed by atoms with E-state index in [1.165, 1.54) is 0 Å². The highest BCUT2D eigenvalue weighted by Crippen LogP contribution is 2.35. The van der Waals surface area contributed by atoms with E-state index in [-0.39, 0.29) is 23.7 Å². The first-order chi connectivity index (χ1) is 14.0. The summed E-state index contributed by atoms with van der Waals surface area (Å²) in [4.78, 5) is 27.8. The SMILES string of the molecule is CCCCNC(=O)C1CN(C(=O)c2ccc(C)cc2)CC1c1cccc(OC)c1. The second kappa shape index (κ2) is 9.59. The second-order valence-electron chi connectivity index (χ2n) is 7.71. The lowest BCUT2D eigenvalue weighted by molar-refractivity contribution is -0.124. The zero-order valence-corrected chi connectivity index (χ0v) is 17.5. The fourth-order valence-corrected chi connectivity index (χ4v) is 3.84. The Balaban J connectivity index is 1.83. The molecule has 2 aromatic carbocycles. The van der Waals surface area contributed by atoms with Gasteiger partial charge in [-0.05, 0) is 43.2 Å². The number of carbonyl (C=O) groups excluding carboxylic acids is 2. The Bertz CT molecular complexity index is 847. The predicted octanol–water partition coefficient (Wildman–Crippen LogP) is 3.78. The van der Waals surface area contributed by atoms with Crippen LogP contribution in [0.1, 0.15) is 47.2 Å². The maximum absolute atomic E-state index is 13.1. The van der Waals surface area contributed by atoms with Gasteiger partial charge in [-0.2, -0.15) is 0 Å². The molecule has 0 aliphatic carbocycles. The van der Waals surface area contributed by atoms with Crippen molar-refractivity contribution in [2.45, 2.75) is 32.6 Å². The number of benzene rings is 2. The van der Waals surface area contributed by atoms with Crippen molar-refractivity contribution in [3.8, 4) is 5.75 Å². The summed E-state index contributed by atoms with van der Waals surface area (Å²) in [7, 11) is 1.63. The largest absolute Gasteiger partial charge is 0.497 e. The van der Waals surface area contributed by atoms with E-state index < -0.39 is 0 Å². The van der Waals surface area contributed by atoms with Gasteiger partial charge in [0.25, 0.3) is 5.91 Å². The zero-order valence-electron chi connectivity index (χ0n) is 17.5. The van der Waals surface area contributed by atoms with Crippen LogP contribution in [-0.4, -0.2) is 43.5 Å². The molecule has 1 heterocycles. The zero-order chi connectivity index (χ0) is 20.8. The maximum Gasteiger partial charge on any atom is 0.253 e. The average Bonchev–Trinajstić information content (AvgIpc) is 3.19. The molecule has 5 nitrogen and oxygen atoms in total. The molecule has 29 heavy (non-hydrogen) atoms. The van der Waals surface area contributed by atoms with Crippen LogP contribution in [0.4, 0.5) is 0 Å². The Morgan fingerprint density at radius 1 is 1.14 bits per heavy atom. The quantitative estimate of drug-likeness (QED) is 0.727. The lowest BCUT2D eigenvalue weighted by Crippen LogP contribution is -2.36. The molecule has 0 radical (unpaired) electrons. The van der Waals surface area contributed by atoms with Gasteiger partial charge in [-0.1, -0.05) is 43.2 Å². The maximum atomic E-state index is 13.1. The molecule has 2 atom stereocenters. The smallest absolute Gasteiger partial charge is 0.253 e. The minimum absolute atomic E-state index is 0.0190. The number of hydrogen-bond acceptors (Lipinski definition) is 3. The van der Waals surface area contributed by atoms with Crippen LogP contribution in [0.25, 0.3) is 0 Å². The van der Waals surface area contributed by atoms with Gasteiger partial charge in [0.2, 0.25) is 5.91 Å². The van der Waals surface area contributed by atoms with E-state index in [1.54, 1.807) is 12.0 Å². The van der Waals surface area contributed by atoms with Crippen LogP contribution in [0.3, 0.4) is 0 Å². The third-order valence-electron chi connectivity index (χ3n) is 5.59. The van der Waals surface area contributed by atoms with E-state index in [4.69, 9.17) is 4.74 Å². The topological polar surface area (TPSA) is 58.6 Å². The number of unbranched alkanes of at least 4 members (excludes halogenated alkanes) is 1. The number of nitrogens with zero attached hydrogens (tertiary/aromatic N) is 1. The van der Waals surface area contributed by atoms with Gasteiger partial charge < -0.3 is 15.0 Å². The Morgan fingerprint density at radius 3 is 2.59 bits per heavy atom. The van der Waals surface area contributed by atoms with Gasteiger partial charge in [0.1, 0.15) is 5.75 Å². The predicted molar refractivity (Wildman–Crippen MR) is 114 cm³/mol. The van der Waals surface area contributed by atoms with Crippen molar-refractivity contribution in [2.75, 3.05) is 26.7 Å². The molecule has 2 aromatic rings. The van der Waals surface area contributed by atoms with E-state index in [2.05, 4.69) is 12.2 Å². The summed E-state index contributed by atoms with van der Waals surface area (Å²) >= 11 is 0. The van der Waals surface area contributed by atoms with Crippen molar-refractivity contribution in [3.63, 3.8) is 0 Å². The molecule has 0 saturated carbocycles. The normalized spacial score (nSPS) is 18.5. The highest BCUT2D eigenvalue weighted by molar-refractivity contribution is 5.95. The molecule has 5 heteroatoms. The summed E-state index contributed by atoms with van der Waals surface area (Å²) in [5.74, 6) is 0.428. The molecule has 154 valence electrons. The number of nitrogens with one attached hydrogen (secondary N) is 1. The molecular weight excluding hydrogens is 364 g/mol. The number of rotatable bonds is 7. The standard InChI is InChI=1S/C24H30N2O3/c1-4-5-13-25-23(27)22-16-26(24(28)18-11-9-17(2)10-12-18)15-21(22)19-7-6-8-20(14-19)29-3/h6-12,14,21-22H,4-5,13,15-16H2,1-3H3,(H,25,27). The van der Waals surface area contributed by atoms with Gasteiger partial charge in [0, 0.05) is 31.1 Å². The number of likely N-dealkylation sites (tertiary alicyclic amines) is 1. The summed E-state index contributed by atoms with van der Waals surface area (Å²) < 4.78 is 5.36. The van der Waals surface area contributed by atoms with Crippen LogP contribution in [-0.2, 0) is 4.79 Å². The lowest BCUT2D eigenvalue weighted by atomic mass is 9.88. The van der Waals surface area contributed by atoms with Crippen LogP contribution < -0.4 is 10.1 Å². The molecule has 0 aromatic heterocycles. The van der Waals surface area contributed by atoms with Gasteiger partial charge in [-0.3, -0.25) is 9.59 Å². The Labute approximate surface area is 173 Å². The van der Waals surface area contributed by atoms with Crippen LogP contribution in [0.2, 0.25) is 0 Å². The second-order valence-corrected chi connectivity index (χ2v) is 7.71. The Kier molecular flexibility index (Phi) is 6.91. The van der Waals surface area contributed by atoms with Gasteiger partial charge >= 0.3 is 0 Å². The van der Waals surface area contributed by atoms with E-state index in [1.807, 2.05) is 55.5 Å². The third-order valence-corrected chi connectivity index (χ3v) is 5.59. The van der Waals surface area contributed by atoms with Gasteiger partial charge in [0.05, 0.1) is 13.0 Å². The molecule has 1 fully saturated rings. The summed E-state index contributed by atoms with van der Waals surface area (Å²) in [6.07, 6.45) is 1.98. The number of aryl methyl sites for hydroxylation is 1. The minimum Gasteiger partial charge on any atom is -0.497 e. The molecule has 0 bridgehead atoms. The van der Waals surface area contributed by atoms with Crippen molar-refractivity contribution in [1.82, 2.24) is 10.2 Å². The van der Waals surface area contributed by atoms with Gasteiger partial charge in [-0.15, -0.1) is 0 Å². The minimum atomic E-state index is -0.270. The molecule has 1 aliphatic heterocycles. The summed E-state index contributed by atoms with van der Waals surface area (Å²) in [5.41, 5.74) is 2.80. The first kappa shape index (κ1) is 20.9. The highest BCUT2D eigenvalue weighted by Gasteiger charge is 2.40. The molecule has 1 saturated heterocycles. The van der Waals surface area contributed by atoms with Crippen molar-refractivity contribution in [3.05, 3.63) is 65.2 Å². The van der Waals surface area contributed by atoms with Crippen molar-refractivity contribution in [1.29, 1.82) is 0 Å². The number of amides is 2. The Morgan fingerprint density at radius 2 is 1.90 bits per heavy atom. The van der Waals surface area contributed by atoms with Crippen LogP contribution in [0.15, 0.2) is 48.5 Å². The molecule has 0 spiro atoms. The number of carbonyl (C=O) groups is 2. The molecule has 1 aliphatic rings. The van der Waals surface area contributed by atoms with Crippen LogP contribution in [0.5, 0.6) is 5.75 Å². The van der Waals surface area contributed by atoms with Crippen LogP contribution in [0, 0.1) is 12.8 Å². The molecule has 3 rings (SSSR count). The molecule has 2 amide bonds. The van der Waals surface area contributed by atoms with E-state index in [0.29, 0.717) is 25.2 Å². The summed E-state index contributed by atoms with van der Waals surface area (Å²) in [6.45, 7) is 5.71. The summed E-state index contributed by atoms with van der Waals surface area (Å²) in [5, 5.41) is 3.05. The number of ether oxygens (including phenoxy) is 1. The number of hydrogen-bond donors (Lipinski definition) is 1.